The average Bonchev–Trinajstić information content (AvgIpc) is 3.12. The van der Waals surface area contributed by atoms with E-state index < -0.39 is 0 Å². The Labute approximate surface area is 212 Å². The lowest BCUT2D eigenvalue weighted by Gasteiger charge is -2.20. The number of carbonyl (C=O) groups excluding carboxylic acids is 2. The van der Waals surface area contributed by atoms with E-state index in [1.807, 2.05) is 29.2 Å². The van der Waals surface area contributed by atoms with Crippen LogP contribution in [0.15, 0.2) is 24.3 Å². The van der Waals surface area contributed by atoms with Gasteiger partial charge in [-0.1, -0.05) is 84.0 Å². The summed E-state index contributed by atoms with van der Waals surface area (Å²) in [7, 11) is 0. The number of thiocarbonyl (C=S) groups is 1. The predicted octanol–water partition coefficient (Wildman–Crippen LogP) is 7.22. The fourth-order valence-electron chi connectivity index (χ4n) is 4.45. The van der Waals surface area contributed by atoms with Crippen molar-refractivity contribution < 1.29 is 9.59 Å². The molecule has 6 heteroatoms. The Morgan fingerprint density at radius 1 is 0.794 bits per heavy atom. The number of rotatable bonds is 14. The van der Waals surface area contributed by atoms with Crippen molar-refractivity contribution in [1.29, 1.82) is 0 Å². The number of hydrogen-bond acceptors (Lipinski definition) is 3. The van der Waals surface area contributed by atoms with Gasteiger partial charge in [0, 0.05) is 30.8 Å². The fraction of sp³-hybridized carbons (Fsp3) is 0.679. The number of amides is 2. The topological polar surface area (TPSA) is 61.4 Å². The summed E-state index contributed by atoms with van der Waals surface area (Å²) in [6.45, 7) is 3.94. The van der Waals surface area contributed by atoms with Gasteiger partial charge in [-0.2, -0.15) is 0 Å². The van der Waals surface area contributed by atoms with Gasteiger partial charge in [0.15, 0.2) is 5.11 Å². The molecule has 1 fully saturated rings. The molecule has 1 aromatic rings. The van der Waals surface area contributed by atoms with E-state index in [1.54, 1.807) is 0 Å². The highest BCUT2D eigenvalue weighted by molar-refractivity contribution is 7.80. The van der Waals surface area contributed by atoms with Crippen LogP contribution >= 0.6 is 12.2 Å². The third kappa shape index (κ3) is 12.0. The van der Waals surface area contributed by atoms with Crippen molar-refractivity contribution in [3.8, 4) is 0 Å². The second-order valence-electron chi connectivity index (χ2n) is 9.57. The third-order valence-electron chi connectivity index (χ3n) is 6.54. The van der Waals surface area contributed by atoms with E-state index in [4.69, 9.17) is 12.2 Å². The second kappa shape index (κ2) is 17.5. The van der Waals surface area contributed by atoms with E-state index in [0.717, 1.165) is 44.5 Å². The number of anilines is 1. The minimum atomic E-state index is -0.0404. The molecule has 2 amide bonds. The molecule has 190 valence electrons. The van der Waals surface area contributed by atoms with Crippen molar-refractivity contribution in [2.45, 2.75) is 110 Å². The van der Waals surface area contributed by atoms with Crippen LogP contribution in [0.5, 0.6) is 0 Å². The Balaban J connectivity index is 1.56. The first-order chi connectivity index (χ1) is 16.6. The van der Waals surface area contributed by atoms with E-state index in [-0.39, 0.29) is 11.8 Å². The molecule has 1 saturated heterocycles. The van der Waals surface area contributed by atoms with Gasteiger partial charge in [-0.25, -0.2) is 0 Å². The van der Waals surface area contributed by atoms with Crippen LogP contribution in [0, 0.1) is 0 Å². The van der Waals surface area contributed by atoms with Gasteiger partial charge in [-0.15, -0.1) is 0 Å². The quantitative estimate of drug-likeness (QED) is 0.215. The molecule has 0 atom stereocenters. The maximum Gasteiger partial charge on any atom is 0.253 e. The number of nitrogens with zero attached hydrogens (tertiary/aromatic N) is 1. The highest BCUT2D eigenvalue weighted by Crippen LogP contribution is 2.16. The number of hydrogen-bond donors (Lipinski definition) is 2. The zero-order valence-electron chi connectivity index (χ0n) is 21.2. The summed E-state index contributed by atoms with van der Waals surface area (Å²) in [6.07, 6.45) is 19.0. The summed E-state index contributed by atoms with van der Waals surface area (Å²) < 4.78 is 0. The number of unbranched alkanes of at least 4 members (excludes halogenated alkanes) is 10. The Bertz CT molecular complexity index is 728. The zero-order chi connectivity index (χ0) is 24.4. The summed E-state index contributed by atoms with van der Waals surface area (Å²) in [6, 6.07) is 7.33. The number of benzene rings is 1. The lowest BCUT2D eigenvalue weighted by Crippen LogP contribution is -2.34. The van der Waals surface area contributed by atoms with Gasteiger partial charge >= 0.3 is 0 Å². The highest BCUT2D eigenvalue weighted by atomic mass is 32.1. The molecule has 0 unspecified atom stereocenters. The lowest BCUT2D eigenvalue weighted by atomic mass is 10.1. The first-order valence-electron chi connectivity index (χ1n) is 13.6. The second-order valence-corrected chi connectivity index (χ2v) is 9.98. The molecule has 1 aromatic carbocycles. The summed E-state index contributed by atoms with van der Waals surface area (Å²) in [5.74, 6) is 0.0534. The van der Waals surface area contributed by atoms with Crippen LogP contribution in [0.1, 0.15) is 120 Å². The summed E-state index contributed by atoms with van der Waals surface area (Å²) in [5.41, 5.74) is 1.46. The van der Waals surface area contributed by atoms with Crippen LogP contribution in [0.3, 0.4) is 0 Å². The molecule has 2 N–H and O–H groups in total. The molecule has 34 heavy (non-hydrogen) atoms. The van der Waals surface area contributed by atoms with Gasteiger partial charge in [0.05, 0.1) is 0 Å². The maximum absolute atomic E-state index is 12.7. The zero-order valence-corrected chi connectivity index (χ0v) is 22.0. The Morgan fingerprint density at radius 3 is 1.88 bits per heavy atom. The maximum atomic E-state index is 12.7. The molecule has 0 aliphatic carbocycles. The molecule has 1 heterocycles. The van der Waals surface area contributed by atoms with Crippen LogP contribution in [-0.4, -0.2) is 34.9 Å². The van der Waals surface area contributed by atoms with Crippen molar-refractivity contribution in [1.82, 2.24) is 10.2 Å². The Kier molecular flexibility index (Phi) is 14.5. The monoisotopic (exact) mass is 487 g/mol. The minimum Gasteiger partial charge on any atom is -0.339 e. The molecule has 1 aliphatic rings. The molecular weight excluding hydrogens is 442 g/mol. The summed E-state index contributed by atoms with van der Waals surface area (Å²) in [5, 5.41) is 6.12. The molecule has 0 saturated carbocycles. The molecule has 0 radical (unpaired) electrons. The average molecular weight is 488 g/mol. The minimum absolute atomic E-state index is 0.0404. The first-order valence-corrected chi connectivity index (χ1v) is 14.0. The standard InChI is InChI=1S/C28H45N3O2S/c1-2-3-4-5-6-7-8-9-10-11-14-17-26(32)30-28(34)29-25-20-18-24(19-21-25)27(33)31-22-15-12-13-16-23-31/h18-21H,2-17,22-23H2,1H3,(H2,29,30,32,34). The van der Waals surface area contributed by atoms with Gasteiger partial charge in [0.1, 0.15) is 0 Å². The fourth-order valence-corrected chi connectivity index (χ4v) is 4.69. The van der Waals surface area contributed by atoms with E-state index in [1.165, 1.54) is 70.6 Å². The molecule has 5 nitrogen and oxygen atoms in total. The van der Waals surface area contributed by atoms with Crippen molar-refractivity contribution >= 4 is 34.8 Å². The number of likely N-dealkylation sites (tertiary alicyclic amines) is 1. The SMILES string of the molecule is CCCCCCCCCCCCCC(=O)NC(=S)Nc1ccc(C(=O)N2CCCCCC2)cc1. The smallest absolute Gasteiger partial charge is 0.253 e. The van der Waals surface area contributed by atoms with Gasteiger partial charge in [0.2, 0.25) is 5.91 Å². The Hall–Kier alpha value is -1.95. The molecule has 0 spiro atoms. The highest BCUT2D eigenvalue weighted by Gasteiger charge is 2.17. The van der Waals surface area contributed by atoms with Gasteiger partial charge < -0.3 is 15.5 Å². The molecule has 2 rings (SSSR count). The van der Waals surface area contributed by atoms with Crippen molar-refractivity contribution in [3.05, 3.63) is 29.8 Å². The lowest BCUT2D eigenvalue weighted by molar-refractivity contribution is -0.119. The van der Waals surface area contributed by atoms with Crippen LogP contribution in [0.4, 0.5) is 5.69 Å². The predicted molar refractivity (Wildman–Crippen MR) is 146 cm³/mol. The van der Waals surface area contributed by atoms with Crippen molar-refractivity contribution in [2.24, 2.45) is 0 Å². The van der Waals surface area contributed by atoms with Gasteiger partial charge in [0.25, 0.3) is 5.91 Å². The van der Waals surface area contributed by atoms with E-state index in [0.29, 0.717) is 17.1 Å². The number of carbonyl (C=O) groups is 2. The Morgan fingerprint density at radius 2 is 1.32 bits per heavy atom. The normalized spacial score (nSPS) is 13.9. The first kappa shape index (κ1) is 28.3. The molecule has 0 aromatic heterocycles. The number of nitrogens with one attached hydrogen (secondary N) is 2. The molecule has 1 aliphatic heterocycles. The molecule has 0 bridgehead atoms. The van der Waals surface area contributed by atoms with Crippen LogP contribution < -0.4 is 10.6 Å². The summed E-state index contributed by atoms with van der Waals surface area (Å²) in [4.78, 5) is 26.8. The third-order valence-corrected chi connectivity index (χ3v) is 6.75. The van der Waals surface area contributed by atoms with E-state index in [2.05, 4.69) is 17.6 Å². The van der Waals surface area contributed by atoms with Gasteiger partial charge in [-0.3, -0.25) is 9.59 Å². The van der Waals surface area contributed by atoms with Crippen molar-refractivity contribution in [2.75, 3.05) is 18.4 Å². The van der Waals surface area contributed by atoms with E-state index >= 15 is 0 Å². The summed E-state index contributed by atoms with van der Waals surface area (Å²) >= 11 is 5.28. The largest absolute Gasteiger partial charge is 0.339 e. The van der Waals surface area contributed by atoms with E-state index in [9.17, 15) is 9.59 Å². The van der Waals surface area contributed by atoms with Crippen LogP contribution in [0.25, 0.3) is 0 Å². The van der Waals surface area contributed by atoms with Gasteiger partial charge in [-0.05, 0) is 55.7 Å². The van der Waals surface area contributed by atoms with Crippen LogP contribution in [-0.2, 0) is 4.79 Å². The molecular formula is C28H45N3O2S. The van der Waals surface area contributed by atoms with Crippen LogP contribution in [0.2, 0.25) is 0 Å². The van der Waals surface area contributed by atoms with Crippen molar-refractivity contribution in [3.63, 3.8) is 0 Å².